The van der Waals surface area contributed by atoms with E-state index in [1.54, 1.807) is 18.3 Å². The summed E-state index contributed by atoms with van der Waals surface area (Å²) in [6.45, 7) is 2.21. The summed E-state index contributed by atoms with van der Waals surface area (Å²) in [7, 11) is 0. The Morgan fingerprint density at radius 2 is 1.94 bits per heavy atom. The van der Waals surface area contributed by atoms with Crippen molar-refractivity contribution in [1.29, 1.82) is 0 Å². The number of carboxylic acid groups (broad SMARTS) is 2. The summed E-state index contributed by atoms with van der Waals surface area (Å²) < 4.78 is 5.69. The van der Waals surface area contributed by atoms with Crippen molar-refractivity contribution < 1.29 is 29.3 Å². The van der Waals surface area contributed by atoms with Gasteiger partial charge in [-0.3, -0.25) is 9.59 Å². The minimum atomic E-state index is -1.05. The smallest absolute Gasteiger partial charge is 0.407 e. The molecule has 3 atom stereocenters. The molecule has 0 aliphatic carbocycles. The van der Waals surface area contributed by atoms with E-state index in [9.17, 15) is 24.6 Å². The number of carbonyl (C=O) groups excluding carboxylic acids is 1. The maximum atomic E-state index is 12.5. The van der Waals surface area contributed by atoms with E-state index >= 15 is 0 Å². The summed E-state index contributed by atoms with van der Waals surface area (Å²) in [6.07, 6.45) is 0.761. The van der Waals surface area contributed by atoms with E-state index in [-0.39, 0.29) is 25.6 Å². The van der Waals surface area contributed by atoms with E-state index in [1.165, 1.54) is 4.90 Å². The topological polar surface area (TPSA) is 141 Å². The summed E-state index contributed by atoms with van der Waals surface area (Å²) in [5, 5.41) is 24.6. The second kappa shape index (κ2) is 12.0. The van der Waals surface area contributed by atoms with Gasteiger partial charge in [0.1, 0.15) is 12.4 Å². The van der Waals surface area contributed by atoms with Gasteiger partial charge in [0, 0.05) is 18.8 Å². The molecule has 1 aliphatic heterocycles. The number of hydrogen-bond acceptors (Lipinski definition) is 6. The number of nitrogens with zero attached hydrogens (tertiary/aromatic N) is 2. The molecule has 1 saturated heterocycles. The van der Waals surface area contributed by atoms with Crippen molar-refractivity contribution in [1.82, 2.24) is 15.2 Å². The Bertz CT molecular complexity index is 969. The lowest BCUT2D eigenvalue weighted by Gasteiger charge is -2.21. The number of aliphatic carboxylic acids is 1. The fourth-order valence-electron chi connectivity index (χ4n) is 3.97. The first-order valence-corrected chi connectivity index (χ1v) is 11.1. The zero-order valence-electron chi connectivity index (χ0n) is 19.0. The monoisotopic (exact) mass is 470 g/mol. The van der Waals surface area contributed by atoms with Crippen LogP contribution in [0.3, 0.4) is 0 Å². The van der Waals surface area contributed by atoms with E-state index in [4.69, 9.17) is 4.74 Å². The van der Waals surface area contributed by atoms with Gasteiger partial charge in [-0.05, 0) is 37.5 Å². The molecule has 1 aromatic carbocycles. The number of anilines is 1. The summed E-state index contributed by atoms with van der Waals surface area (Å²) >= 11 is 0. The number of carbonyl (C=O) groups is 3. The Morgan fingerprint density at radius 1 is 1.18 bits per heavy atom. The molecule has 0 saturated carbocycles. The molecule has 182 valence electrons. The molecular formula is C24H30N4O6. The Balaban J connectivity index is 1.50. The maximum absolute atomic E-state index is 12.5. The molecule has 0 bridgehead atoms. The summed E-state index contributed by atoms with van der Waals surface area (Å²) in [6, 6.07) is 12.2. The average Bonchev–Trinajstić information content (AvgIpc) is 3.22. The highest BCUT2D eigenvalue weighted by Crippen LogP contribution is 2.21. The van der Waals surface area contributed by atoms with Crippen LogP contribution < -0.4 is 10.6 Å². The molecule has 0 radical (unpaired) electrons. The zero-order valence-corrected chi connectivity index (χ0v) is 19.0. The van der Waals surface area contributed by atoms with E-state index < -0.39 is 30.1 Å². The lowest BCUT2D eigenvalue weighted by molar-refractivity contribution is -0.138. The Kier molecular flexibility index (Phi) is 8.80. The number of carboxylic acids is 1. The van der Waals surface area contributed by atoms with Gasteiger partial charge in [-0.25, -0.2) is 9.78 Å². The third-order valence-corrected chi connectivity index (χ3v) is 5.64. The van der Waals surface area contributed by atoms with Crippen molar-refractivity contribution >= 4 is 23.8 Å². The molecule has 10 nitrogen and oxygen atoms in total. The van der Waals surface area contributed by atoms with Crippen LogP contribution in [0.15, 0.2) is 48.7 Å². The highest BCUT2D eigenvalue weighted by Gasteiger charge is 2.36. The van der Waals surface area contributed by atoms with Gasteiger partial charge in [0.15, 0.2) is 0 Å². The predicted molar refractivity (Wildman–Crippen MR) is 125 cm³/mol. The van der Waals surface area contributed by atoms with E-state index in [2.05, 4.69) is 15.6 Å². The van der Waals surface area contributed by atoms with Crippen molar-refractivity contribution in [3.63, 3.8) is 0 Å². The number of nitrogens with one attached hydrogen (secondary N) is 2. The van der Waals surface area contributed by atoms with E-state index in [0.717, 1.165) is 11.1 Å². The van der Waals surface area contributed by atoms with Gasteiger partial charge in [-0.15, -0.1) is 0 Å². The fraction of sp³-hybridized carbons (Fsp3) is 0.417. The number of hydrogen-bond donors (Lipinski definition) is 4. The predicted octanol–water partition coefficient (Wildman–Crippen LogP) is 2.14. The molecule has 2 heterocycles. The highest BCUT2D eigenvalue weighted by atomic mass is 16.5. The summed E-state index contributed by atoms with van der Waals surface area (Å²) in [5.74, 6) is -0.792. The molecule has 3 unspecified atom stereocenters. The first-order chi connectivity index (χ1) is 16.3. The van der Waals surface area contributed by atoms with Crippen LogP contribution >= 0.6 is 0 Å². The van der Waals surface area contributed by atoms with Crippen molar-refractivity contribution in [2.75, 3.05) is 25.0 Å². The molecule has 1 aliphatic rings. The number of rotatable bonds is 11. The summed E-state index contributed by atoms with van der Waals surface area (Å²) in [4.78, 5) is 40.8. The van der Waals surface area contributed by atoms with Crippen LogP contribution in [-0.2, 0) is 20.7 Å². The van der Waals surface area contributed by atoms with Crippen LogP contribution in [-0.4, -0.2) is 76.0 Å². The van der Waals surface area contributed by atoms with Gasteiger partial charge in [0.25, 0.3) is 0 Å². The van der Waals surface area contributed by atoms with Crippen LogP contribution in [0.1, 0.15) is 24.0 Å². The third kappa shape index (κ3) is 7.73. The SMILES string of the molecule is Cc1ccc(CC(CC(=O)O)NC(=O)COC2CC(CNc3ccccn3)N(C(=O)O)C2)cc1. The van der Waals surface area contributed by atoms with Crippen molar-refractivity contribution in [3.8, 4) is 0 Å². The Labute approximate surface area is 197 Å². The first kappa shape index (κ1) is 25.0. The summed E-state index contributed by atoms with van der Waals surface area (Å²) in [5.41, 5.74) is 2.02. The van der Waals surface area contributed by atoms with E-state index in [0.29, 0.717) is 25.2 Å². The lowest BCUT2D eigenvalue weighted by atomic mass is 10.0. The van der Waals surface area contributed by atoms with Gasteiger partial charge in [0.2, 0.25) is 5.91 Å². The normalized spacial score (nSPS) is 18.3. The molecule has 2 amide bonds. The van der Waals surface area contributed by atoms with Gasteiger partial charge in [0.05, 0.1) is 25.1 Å². The van der Waals surface area contributed by atoms with Crippen LogP contribution in [0.2, 0.25) is 0 Å². The quantitative estimate of drug-likeness (QED) is 0.391. The largest absolute Gasteiger partial charge is 0.481 e. The molecule has 1 fully saturated rings. The van der Waals surface area contributed by atoms with Crippen LogP contribution in [0.25, 0.3) is 0 Å². The van der Waals surface area contributed by atoms with Crippen LogP contribution in [0.4, 0.5) is 10.6 Å². The Morgan fingerprint density at radius 3 is 2.59 bits per heavy atom. The molecule has 34 heavy (non-hydrogen) atoms. The number of aryl methyl sites for hydroxylation is 1. The van der Waals surface area contributed by atoms with Crippen LogP contribution in [0, 0.1) is 6.92 Å². The molecule has 1 aromatic heterocycles. The van der Waals surface area contributed by atoms with Crippen molar-refractivity contribution in [2.24, 2.45) is 0 Å². The molecule has 2 aromatic rings. The number of benzene rings is 1. The third-order valence-electron chi connectivity index (χ3n) is 5.64. The second-order valence-corrected chi connectivity index (χ2v) is 8.41. The fourth-order valence-corrected chi connectivity index (χ4v) is 3.97. The number of pyridine rings is 1. The zero-order chi connectivity index (χ0) is 24.5. The first-order valence-electron chi connectivity index (χ1n) is 11.1. The van der Waals surface area contributed by atoms with Gasteiger partial charge >= 0.3 is 12.1 Å². The van der Waals surface area contributed by atoms with Gasteiger partial charge < -0.3 is 30.5 Å². The maximum Gasteiger partial charge on any atom is 0.407 e. The minimum Gasteiger partial charge on any atom is -0.481 e. The van der Waals surface area contributed by atoms with Crippen molar-refractivity contribution in [3.05, 3.63) is 59.8 Å². The second-order valence-electron chi connectivity index (χ2n) is 8.41. The standard InChI is InChI=1S/C24H30N4O6/c1-16-5-7-17(8-6-16)10-18(11-23(30)31)27-22(29)15-34-20-12-19(28(14-20)24(32)33)13-26-21-4-2-3-9-25-21/h2-9,18-20H,10-15H2,1H3,(H,25,26)(H,27,29)(H,30,31)(H,32,33). The number of aromatic nitrogens is 1. The van der Waals surface area contributed by atoms with E-state index in [1.807, 2.05) is 37.3 Å². The van der Waals surface area contributed by atoms with Gasteiger partial charge in [-0.1, -0.05) is 35.9 Å². The molecule has 0 spiro atoms. The number of ether oxygens (including phenoxy) is 1. The highest BCUT2D eigenvalue weighted by molar-refractivity contribution is 5.78. The number of amides is 2. The molecule has 4 N–H and O–H groups in total. The van der Waals surface area contributed by atoms with Gasteiger partial charge in [-0.2, -0.15) is 0 Å². The average molecular weight is 471 g/mol. The van der Waals surface area contributed by atoms with Crippen molar-refractivity contribution in [2.45, 2.75) is 44.4 Å². The molecule has 10 heteroatoms. The molecule has 3 rings (SSSR count). The van der Waals surface area contributed by atoms with Crippen LogP contribution in [0.5, 0.6) is 0 Å². The lowest BCUT2D eigenvalue weighted by Crippen LogP contribution is -2.41. The molecular weight excluding hydrogens is 440 g/mol. The number of likely N-dealkylation sites (tertiary alicyclic amines) is 1. The Hall–Kier alpha value is -3.66. The minimum absolute atomic E-state index is 0.152.